The van der Waals surface area contributed by atoms with Crippen LogP contribution in [0.15, 0.2) is 12.4 Å². The summed E-state index contributed by atoms with van der Waals surface area (Å²) in [5.41, 5.74) is 1.25. The van der Waals surface area contributed by atoms with Gasteiger partial charge in [-0.2, -0.15) is 0 Å². The van der Waals surface area contributed by atoms with Crippen LogP contribution >= 0.6 is 11.6 Å². The number of alkyl halides is 1. The largest absolute Gasteiger partial charge is 0.354 e. The van der Waals surface area contributed by atoms with Crippen molar-refractivity contribution in [2.75, 3.05) is 17.7 Å². The molecule has 0 amide bonds. The molecule has 0 aliphatic carbocycles. The lowest BCUT2D eigenvalue weighted by Gasteiger charge is -2.23. The molecule has 0 atom stereocenters. The fourth-order valence-corrected chi connectivity index (χ4v) is 1.66. The summed E-state index contributed by atoms with van der Waals surface area (Å²) in [6.45, 7) is 7.16. The first-order valence-corrected chi connectivity index (χ1v) is 5.65. The van der Waals surface area contributed by atoms with Gasteiger partial charge in [0, 0.05) is 24.8 Å². The molecule has 0 saturated carbocycles. The van der Waals surface area contributed by atoms with Gasteiger partial charge in [-0.3, -0.25) is 0 Å². The van der Waals surface area contributed by atoms with Crippen molar-refractivity contribution in [2.24, 2.45) is 5.41 Å². The number of hydrogen-bond acceptors (Lipinski definition) is 3. The van der Waals surface area contributed by atoms with Crippen molar-refractivity contribution >= 4 is 17.5 Å². The summed E-state index contributed by atoms with van der Waals surface area (Å²) in [7, 11) is 0. The maximum absolute atomic E-state index is 5.73. The van der Waals surface area contributed by atoms with Gasteiger partial charge in [0.15, 0.2) is 0 Å². The van der Waals surface area contributed by atoms with Gasteiger partial charge in [-0.05, 0) is 24.3 Å². The van der Waals surface area contributed by atoms with Crippen LogP contribution in [0.5, 0.6) is 0 Å². The lowest BCUT2D eigenvalue weighted by atomic mass is 9.90. The molecule has 0 aromatic carbocycles. The zero-order valence-electron chi connectivity index (χ0n) is 9.55. The topological polar surface area (TPSA) is 37.8 Å². The van der Waals surface area contributed by atoms with Crippen molar-refractivity contribution in [3.63, 3.8) is 0 Å². The van der Waals surface area contributed by atoms with E-state index in [0.29, 0.717) is 11.8 Å². The van der Waals surface area contributed by atoms with Crippen molar-refractivity contribution in [3.8, 4) is 0 Å². The number of nitrogens with zero attached hydrogens (tertiary/aromatic N) is 2. The standard InChI is InChI=1S/C11H18ClN3/c1-9-6-13-10(14-7-9)15-8-11(2,3)4-5-12/h6-7H,4-5,8H2,1-3H3,(H,13,14,15). The minimum atomic E-state index is 0.177. The number of anilines is 1. The second-order valence-electron chi connectivity index (χ2n) is 4.54. The lowest BCUT2D eigenvalue weighted by molar-refractivity contribution is 0.378. The van der Waals surface area contributed by atoms with Gasteiger partial charge in [0.2, 0.25) is 5.95 Å². The SMILES string of the molecule is Cc1cnc(NCC(C)(C)CCCl)nc1. The second-order valence-corrected chi connectivity index (χ2v) is 4.92. The Balaban J connectivity index is 2.46. The van der Waals surface area contributed by atoms with Crippen LogP contribution in [0.25, 0.3) is 0 Å². The van der Waals surface area contributed by atoms with E-state index in [4.69, 9.17) is 11.6 Å². The van der Waals surface area contributed by atoms with Gasteiger partial charge < -0.3 is 5.32 Å². The minimum Gasteiger partial charge on any atom is -0.354 e. The monoisotopic (exact) mass is 227 g/mol. The van der Waals surface area contributed by atoms with Crippen LogP contribution in [0, 0.1) is 12.3 Å². The van der Waals surface area contributed by atoms with Gasteiger partial charge in [-0.25, -0.2) is 9.97 Å². The van der Waals surface area contributed by atoms with E-state index in [1.54, 1.807) is 0 Å². The highest BCUT2D eigenvalue weighted by Gasteiger charge is 2.16. The van der Waals surface area contributed by atoms with E-state index >= 15 is 0 Å². The quantitative estimate of drug-likeness (QED) is 0.787. The third-order valence-corrected chi connectivity index (χ3v) is 2.47. The minimum absolute atomic E-state index is 0.177. The first-order chi connectivity index (χ1) is 7.03. The normalized spacial score (nSPS) is 11.5. The summed E-state index contributed by atoms with van der Waals surface area (Å²) in [5.74, 6) is 1.37. The van der Waals surface area contributed by atoms with Crippen molar-refractivity contribution in [2.45, 2.75) is 27.2 Å². The molecular formula is C11H18ClN3. The molecule has 84 valence electrons. The molecule has 1 heterocycles. The smallest absolute Gasteiger partial charge is 0.222 e. The second kappa shape index (κ2) is 5.31. The average molecular weight is 228 g/mol. The Kier molecular flexibility index (Phi) is 4.33. The molecule has 0 radical (unpaired) electrons. The summed E-state index contributed by atoms with van der Waals surface area (Å²) in [5, 5.41) is 3.22. The summed E-state index contributed by atoms with van der Waals surface area (Å²) in [6.07, 6.45) is 4.60. The van der Waals surface area contributed by atoms with Gasteiger partial charge in [0.05, 0.1) is 0 Å². The van der Waals surface area contributed by atoms with Crippen LogP contribution in [0.2, 0.25) is 0 Å². The molecule has 0 bridgehead atoms. The van der Waals surface area contributed by atoms with Crippen molar-refractivity contribution in [3.05, 3.63) is 18.0 Å². The number of halogens is 1. The molecule has 0 fully saturated rings. The Bertz CT molecular complexity index is 295. The molecule has 0 aliphatic heterocycles. The van der Waals surface area contributed by atoms with E-state index in [0.717, 1.165) is 18.5 Å². The number of rotatable bonds is 5. The van der Waals surface area contributed by atoms with E-state index in [-0.39, 0.29) is 5.41 Å². The summed E-state index contributed by atoms with van der Waals surface area (Å²) >= 11 is 5.73. The molecule has 0 aliphatic rings. The molecular weight excluding hydrogens is 210 g/mol. The zero-order valence-corrected chi connectivity index (χ0v) is 10.3. The molecule has 1 rings (SSSR count). The highest BCUT2D eigenvalue weighted by Crippen LogP contribution is 2.20. The van der Waals surface area contributed by atoms with E-state index < -0.39 is 0 Å². The van der Waals surface area contributed by atoms with Crippen molar-refractivity contribution in [1.29, 1.82) is 0 Å². The fourth-order valence-electron chi connectivity index (χ4n) is 1.15. The molecule has 4 heteroatoms. The fraction of sp³-hybridized carbons (Fsp3) is 0.636. The van der Waals surface area contributed by atoms with E-state index in [1.165, 1.54) is 0 Å². The highest BCUT2D eigenvalue weighted by molar-refractivity contribution is 6.17. The lowest BCUT2D eigenvalue weighted by Crippen LogP contribution is -2.24. The van der Waals surface area contributed by atoms with Gasteiger partial charge in [-0.1, -0.05) is 13.8 Å². The van der Waals surface area contributed by atoms with Gasteiger partial charge in [-0.15, -0.1) is 11.6 Å². The maximum Gasteiger partial charge on any atom is 0.222 e. The third kappa shape index (κ3) is 4.47. The molecule has 1 aromatic rings. The zero-order chi connectivity index (χ0) is 11.3. The molecule has 0 saturated heterocycles. The van der Waals surface area contributed by atoms with E-state index in [9.17, 15) is 0 Å². The predicted octanol–water partition coefficient (Wildman–Crippen LogP) is 2.85. The van der Waals surface area contributed by atoms with Crippen LogP contribution in [-0.4, -0.2) is 22.4 Å². The number of nitrogens with one attached hydrogen (secondary N) is 1. The molecule has 1 N–H and O–H groups in total. The Morgan fingerprint density at radius 1 is 1.33 bits per heavy atom. The average Bonchev–Trinajstić information content (AvgIpc) is 2.17. The Labute approximate surface area is 96.3 Å². The van der Waals surface area contributed by atoms with Gasteiger partial charge >= 0.3 is 0 Å². The molecule has 1 aromatic heterocycles. The highest BCUT2D eigenvalue weighted by atomic mass is 35.5. The van der Waals surface area contributed by atoms with E-state index in [2.05, 4.69) is 29.1 Å². The van der Waals surface area contributed by atoms with E-state index in [1.807, 2.05) is 19.3 Å². The molecule has 0 spiro atoms. The summed E-state index contributed by atoms with van der Waals surface area (Å²) < 4.78 is 0. The first kappa shape index (κ1) is 12.2. The third-order valence-electron chi connectivity index (χ3n) is 2.28. The van der Waals surface area contributed by atoms with Crippen LogP contribution in [0.4, 0.5) is 5.95 Å². The predicted molar refractivity (Wildman–Crippen MR) is 64.4 cm³/mol. The molecule has 3 nitrogen and oxygen atoms in total. The number of aryl methyl sites for hydroxylation is 1. The van der Waals surface area contributed by atoms with Crippen LogP contribution in [-0.2, 0) is 0 Å². The van der Waals surface area contributed by atoms with Gasteiger partial charge in [0.1, 0.15) is 0 Å². The van der Waals surface area contributed by atoms with Crippen molar-refractivity contribution in [1.82, 2.24) is 9.97 Å². The molecule has 0 unspecified atom stereocenters. The summed E-state index contributed by atoms with van der Waals surface area (Å²) in [6, 6.07) is 0. The number of aromatic nitrogens is 2. The molecule has 15 heavy (non-hydrogen) atoms. The summed E-state index contributed by atoms with van der Waals surface area (Å²) in [4.78, 5) is 8.37. The van der Waals surface area contributed by atoms with Gasteiger partial charge in [0.25, 0.3) is 0 Å². The van der Waals surface area contributed by atoms with Crippen LogP contribution in [0.3, 0.4) is 0 Å². The maximum atomic E-state index is 5.73. The van der Waals surface area contributed by atoms with Crippen LogP contribution < -0.4 is 5.32 Å². The first-order valence-electron chi connectivity index (χ1n) is 5.12. The van der Waals surface area contributed by atoms with Crippen LogP contribution in [0.1, 0.15) is 25.8 Å². The Morgan fingerprint density at radius 2 is 1.93 bits per heavy atom. The number of hydrogen-bond donors (Lipinski definition) is 1. The van der Waals surface area contributed by atoms with Crippen molar-refractivity contribution < 1.29 is 0 Å². The Hall–Kier alpha value is -0.830. The Morgan fingerprint density at radius 3 is 2.47 bits per heavy atom.